The molecule has 0 aliphatic rings. The number of anilines is 1. The highest BCUT2D eigenvalue weighted by atomic mass is 79.9. The lowest BCUT2D eigenvalue weighted by Gasteiger charge is -2.04. The molecule has 0 spiro atoms. The number of aromatic nitrogens is 1. The Morgan fingerprint density at radius 1 is 1.58 bits per heavy atom. The van der Waals surface area contributed by atoms with Gasteiger partial charge in [-0.15, -0.1) is 0 Å². The van der Waals surface area contributed by atoms with Gasteiger partial charge in [0, 0.05) is 6.20 Å². The van der Waals surface area contributed by atoms with Crippen LogP contribution in [0.5, 0.6) is 0 Å². The molecule has 4 nitrogen and oxygen atoms in total. The number of nitrogens with one attached hydrogen (secondary N) is 2. The summed E-state index contributed by atoms with van der Waals surface area (Å²) in [4.78, 5) is 14.7. The predicted molar refractivity (Wildman–Crippen MR) is 49.8 cm³/mol. The van der Waals surface area contributed by atoms with Crippen LogP contribution >= 0.6 is 15.9 Å². The summed E-state index contributed by atoms with van der Waals surface area (Å²) in [7, 11) is 0. The third-order valence-electron chi connectivity index (χ3n) is 1.12. The zero-order valence-corrected chi connectivity index (χ0v) is 7.84. The molecule has 12 heavy (non-hydrogen) atoms. The van der Waals surface area contributed by atoms with Gasteiger partial charge in [-0.2, -0.15) is 0 Å². The van der Waals surface area contributed by atoms with Gasteiger partial charge in [-0.25, -0.2) is 4.98 Å². The Kier molecular flexibility index (Phi) is 3.53. The number of rotatable bonds is 3. The SMILES string of the molecule is O=C(CBr)NNc1ccccn1. The highest BCUT2D eigenvalue weighted by Gasteiger charge is 1.95. The van der Waals surface area contributed by atoms with E-state index in [-0.39, 0.29) is 11.2 Å². The summed E-state index contributed by atoms with van der Waals surface area (Å²) in [5.74, 6) is 0.479. The number of alkyl halides is 1. The number of carbonyl (C=O) groups is 1. The molecule has 1 aromatic heterocycles. The van der Waals surface area contributed by atoms with E-state index in [1.54, 1.807) is 18.3 Å². The summed E-state index contributed by atoms with van der Waals surface area (Å²) < 4.78 is 0. The fourth-order valence-electron chi connectivity index (χ4n) is 0.604. The maximum absolute atomic E-state index is 10.7. The number of halogens is 1. The number of nitrogens with zero attached hydrogens (tertiary/aromatic N) is 1. The molecule has 64 valence electrons. The van der Waals surface area contributed by atoms with Crippen molar-refractivity contribution in [1.82, 2.24) is 10.4 Å². The number of hydrazine groups is 1. The molecule has 1 rings (SSSR count). The van der Waals surface area contributed by atoms with Gasteiger partial charge in [0.15, 0.2) is 0 Å². The molecule has 0 radical (unpaired) electrons. The second-order valence-corrected chi connectivity index (χ2v) is 2.58. The number of hydrogen-bond acceptors (Lipinski definition) is 3. The summed E-state index contributed by atoms with van der Waals surface area (Å²) in [6.45, 7) is 0. The molecule has 0 atom stereocenters. The highest BCUT2D eigenvalue weighted by Crippen LogP contribution is 1.96. The van der Waals surface area contributed by atoms with E-state index >= 15 is 0 Å². The normalized spacial score (nSPS) is 9.08. The van der Waals surface area contributed by atoms with E-state index in [0.717, 1.165) is 0 Å². The Hall–Kier alpha value is -1.10. The fourth-order valence-corrected chi connectivity index (χ4v) is 0.744. The molecule has 0 fully saturated rings. The van der Waals surface area contributed by atoms with Gasteiger partial charge in [0.25, 0.3) is 0 Å². The van der Waals surface area contributed by atoms with Crippen LogP contribution < -0.4 is 10.9 Å². The average molecular weight is 230 g/mol. The summed E-state index contributed by atoms with van der Waals surface area (Å²) in [6.07, 6.45) is 1.64. The zero-order valence-electron chi connectivity index (χ0n) is 6.25. The summed E-state index contributed by atoms with van der Waals surface area (Å²) in [5, 5.41) is 0.271. The highest BCUT2D eigenvalue weighted by molar-refractivity contribution is 9.09. The molecule has 2 N–H and O–H groups in total. The fraction of sp³-hybridized carbons (Fsp3) is 0.143. The maximum atomic E-state index is 10.7. The van der Waals surface area contributed by atoms with E-state index < -0.39 is 0 Å². The van der Waals surface area contributed by atoms with Crippen LogP contribution in [0.2, 0.25) is 0 Å². The summed E-state index contributed by atoms with van der Waals surface area (Å²) in [5.41, 5.74) is 5.10. The van der Waals surface area contributed by atoms with E-state index in [9.17, 15) is 4.79 Å². The van der Waals surface area contributed by atoms with Crippen molar-refractivity contribution >= 4 is 27.7 Å². The van der Waals surface area contributed by atoms with Crippen molar-refractivity contribution in [1.29, 1.82) is 0 Å². The summed E-state index contributed by atoms with van der Waals surface area (Å²) >= 11 is 3.02. The molecule has 0 bridgehead atoms. The van der Waals surface area contributed by atoms with Crippen LogP contribution in [0, 0.1) is 0 Å². The van der Waals surface area contributed by atoms with Crippen LogP contribution in [0.4, 0.5) is 5.82 Å². The molecular formula is C7H8BrN3O. The predicted octanol–water partition coefficient (Wildman–Crippen LogP) is 0.920. The van der Waals surface area contributed by atoms with Gasteiger partial charge in [0.2, 0.25) is 5.91 Å². The molecule has 1 aromatic rings. The number of carbonyl (C=O) groups excluding carboxylic acids is 1. The van der Waals surface area contributed by atoms with Crippen LogP contribution in [0.15, 0.2) is 24.4 Å². The van der Waals surface area contributed by atoms with Gasteiger partial charge in [0.05, 0.1) is 5.33 Å². The maximum Gasteiger partial charge on any atom is 0.248 e. The van der Waals surface area contributed by atoms with Crippen LogP contribution in [-0.4, -0.2) is 16.2 Å². The van der Waals surface area contributed by atoms with Crippen LogP contribution in [0.1, 0.15) is 0 Å². The minimum atomic E-state index is -0.138. The Morgan fingerprint density at radius 3 is 3.00 bits per heavy atom. The lowest BCUT2D eigenvalue weighted by atomic mass is 10.5. The van der Waals surface area contributed by atoms with Crippen molar-refractivity contribution in [3.63, 3.8) is 0 Å². The third kappa shape index (κ3) is 2.87. The van der Waals surface area contributed by atoms with Crippen molar-refractivity contribution in [2.45, 2.75) is 0 Å². The lowest BCUT2D eigenvalue weighted by molar-refractivity contribution is -0.118. The molecule has 5 heteroatoms. The van der Waals surface area contributed by atoms with E-state index in [4.69, 9.17) is 0 Å². The first kappa shape index (κ1) is 8.99. The van der Waals surface area contributed by atoms with Gasteiger partial charge >= 0.3 is 0 Å². The van der Waals surface area contributed by atoms with E-state index in [2.05, 4.69) is 31.8 Å². The van der Waals surface area contributed by atoms with Crippen LogP contribution in [0.3, 0.4) is 0 Å². The lowest BCUT2D eigenvalue weighted by Crippen LogP contribution is -2.30. The van der Waals surface area contributed by atoms with E-state index in [1.807, 2.05) is 6.07 Å². The molecule has 0 unspecified atom stereocenters. The molecule has 1 heterocycles. The van der Waals surface area contributed by atoms with Gasteiger partial charge in [-0.05, 0) is 12.1 Å². The topological polar surface area (TPSA) is 54.0 Å². The van der Waals surface area contributed by atoms with Gasteiger partial charge in [0.1, 0.15) is 5.82 Å². The average Bonchev–Trinajstić information content (AvgIpc) is 2.16. The minimum Gasteiger partial charge on any atom is -0.282 e. The van der Waals surface area contributed by atoms with Crippen LogP contribution in [-0.2, 0) is 4.79 Å². The Bertz CT molecular complexity index is 252. The van der Waals surface area contributed by atoms with E-state index in [1.165, 1.54) is 0 Å². The first-order valence-electron chi connectivity index (χ1n) is 3.35. The largest absolute Gasteiger partial charge is 0.282 e. The monoisotopic (exact) mass is 229 g/mol. The standard InChI is InChI=1S/C7H8BrN3O/c8-5-7(12)11-10-6-3-1-2-4-9-6/h1-4H,5H2,(H,9,10)(H,11,12). The van der Waals surface area contributed by atoms with Crippen LogP contribution in [0.25, 0.3) is 0 Å². The first-order valence-corrected chi connectivity index (χ1v) is 4.47. The first-order chi connectivity index (χ1) is 5.83. The number of pyridine rings is 1. The molecule has 0 saturated carbocycles. The van der Waals surface area contributed by atoms with Gasteiger partial charge in [-0.1, -0.05) is 22.0 Å². The van der Waals surface area contributed by atoms with Gasteiger partial charge < -0.3 is 0 Å². The number of hydrogen-bond donors (Lipinski definition) is 2. The molecule has 0 aliphatic heterocycles. The van der Waals surface area contributed by atoms with Crippen molar-refractivity contribution in [2.75, 3.05) is 10.8 Å². The van der Waals surface area contributed by atoms with E-state index in [0.29, 0.717) is 5.82 Å². The zero-order chi connectivity index (χ0) is 8.81. The van der Waals surface area contributed by atoms with Crippen molar-refractivity contribution in [2.24, 2.45) is 0 Å². The molecule has 0 aliphatic carbocycles. The Balaban J connectivity index is 2.38. The molecule has 0 aromatic carbocycles. The molecule has 1 amide bonds. The molecule has 0 saturated heterocycles. The van der Waals surface area contributed by atoms with Crippen molar-refractivity contribution < 1.29 is 4.79 Å². The van der Waals surface area contributed by atoms with Gasteiger partial charge in [-0.3, -0.25) is 15.6 Å². The van der Waals surface area contributed by atoms with Crippen molar-refractivity contribution in [3.05, 3.63) is 24.4 Å². The smallest absolute Gasteiger partial charge is 0.248 e. The summed E-state index contributed by atoms with van der Waals surface area (Å²) in [6, 6.07) is 5.39. The second kappa shape index (κ2) is 4.71. The Morgan fingerprint density at radius 2 is 2.42 bits per heavy atom. The van der Waals surface area contributed by atoms with Crippen molar-refractivity contribution in [3.8, 4) is 0 Å². The minimum absolute atomic E-state index is 0.138. The number of amides is 1. The second-order valence-electron chi connectivity index (χ2n) is 2.02. The Labute approximate surface area is 78.5 Å². The molecular weight excluding hydrogens is 222 g/mol. The quantitative estimate of drug-likeness (QED) is 0.599. The third-order valence-corrected chi connectivity index (χ3v) is 1.63.